The first-order valence-corrected chi connectivity index (χ1v) is 7.20. The van der Waals surface area contributed by atoms with Crippen molar-refractivity contribution in [1.29, 1.82) is 0 Å². The number of aromatic nitrogens is 1. The summed E-state index contributed by atoms with van der Waals surface area (Å²) in [5, 5.41) is 22.1. The van der Waals surface area contributed by atoms with Crippen molar-refractivity contribution in [2.45, 2.75) is 18.1 Å². The number of fused-ring (bicyclic) bond motifs is 1. The molecule has 24 heavy (non-hydrogen) atoms. The molecular weight excluding hydrogens is 312 g/mol. The van der Waals surface area contributed by atoms with Gasteiger partial charge in [0.05, 0.1) is 6.42 Å². The van der Waals surface area contributed by atoms with Crippen molar-refractivity contribution < 1.29 is 24.6 Å². The fourth-order valence-corrected chi connectivity index (χ4v) is 3.16. The molecule has 2 aromatic rings. The Bertz CT molecular complexity index is 821. The van der Waals surface area contributed by atoms with Crippen LogP contribution in [0.3, 0.4) is 0 Å². The Morgan fingerprint density at radius 3 is 2.67 bits per heavy atom. The number of Topliss-reactive ketones (excluding diaryl/α,β-unsaturated/α-hetero) is 1. The van der Waals surface area contributed by atoms with Crippen LogP contribution in [0.25, 0.3) is 11.1 Å². The molecule has 1 heterocycles. The summed E-state index contributed by atoms with van der Waals surface area (Å²) >= 11 is 0. The third kappa shape index (κ3) is 2.26. The van der Waals surface area contributed by atoms with Crippen molar-refractivity contribution in [3.05, 3.63) is 53.9 Å². The number of aliphatic hydroxyl groups is 1. The summed E-state index contributed by atoms with van der Waals surface area (Å²) in [5.74, 6) is -1.92. The van der Waals surface area contributed by atoms with E-state index in [1.807, 2.05) is 0 Å². The summed E-state index contributed by atoms with van der Waals surface area (Å²) in [5.41, 5.74) is -0.167. The van der Waals surface area contributed by atoms with Crippen LogP contribution in [-0.2, 0) is 9.59 Å². The first kappa shape index (κ1) is 15.8. The molecule has 0 bridgehead atoms. The van der Waals surface area contributed by atoms with E-state index < -0.39 is 29.8 Å². The highest BCUT2D eigenvalue weighted by Crippen LogP contribution is 2.45. The SMILES string of the molecule is O=CNC1(CC(=O)O)C(=O)c2cccc(-c3cccnc3)c2C1O. The number of amides is 1. The van der Waals surface area contributed by atoms with Gasteiger partial charge in [-0.2, -0.15) is 0 Å². The lowest BCUT2D eigenvalue weighted by molar-refractivity contribution is -0.139. The van der Waals surface area contributed by atoms with Crippen molar-refractivity contribution in [2.24, 2.45) is 0 Å². The predicted octanol–water partition coefficient (Wildman–Crippen LogP) is 0.938. The molecule has 0 fully saturated rings. The van der Waals surface area contributed by atoms with Crippen molar-refractivity contribution >= 4 is 18.2 Å². The Morgan fingerprint density at radius 2 is 2.04 bits per heavy atom. The number of rotatable bonds is 5. The van der Waals surface area contributed by atoms with Gasteiger partial charge in [-0.1, -0.05) is 24.3 Å². The molecule has 1 amide bonds. The minimum Gasteiger partial charge on any atom is -0.481 e. The van der Waals surface area contributed by atoms with Gasteiger partial charge in [0, 0.05) is 29.1 Å². The molecule has 1 aliphatic rings. The van der Waals surface area contributed by atoms with Gasteiger partial charge in [-0.25, -0.2) is 0 Å². The summed E-state index contributed by atoms with van der Waals surface area (Å²) in [6, 6.07) is 8.35. The van der Waals surface area contributed by atoms with Gasteiger partial charge in [0.2, 0.25) is 6.41 Å². The van der Waals surface area contributed by atoms with E-state index >= 15 is 0 Å². The van der Waals surface area contributed by atoms with E-state index in [1.165, 1.54) is 6.07 Å². The standard InChI is InChI=1S/C17H14N2O5/c20-9-19-17(7-13(21)22)15(23)12-5-1-4-11(14(12)16(17)24)10-3-2-6-18-8-10/h1-6,8-9,16,24H,7H2,(H,19,20)(H,21,22). The molecule has 1 aliphatic carbocycles. The molecule has 0 aliphatic heterocycles. The van der Waals surface area contributed by atoms with Gasteiger partial charge in [0.15, 0.2) is 5.78 Å². The Balaban J connectivity index is 2.20. The number of ketones is 1. The van der Waals surface area contributed by atoms with Crippen molar-refractivity contribution in [2.75, 3.05) is 0 Å². The van der Waals surface area contributed by atoms with Crippen molar-refractivity contribution in [3.8, 4) is 11.1 Å². The molecule has 3 rings (SSSR count). The molecule has 1 aromatic heterocycles. The minimum absolute atomic E-state index is 0.194. The average Bonchev–Trinajstić information content (AvgIpc) is 2.78. The fraction of sp³-hybridized carbons (Fsp3) is 0.176. The second-order valence-corrected chi connectivity index (χ2v) is 5.54. The fourth-order valence-electron chi connectivity index (χ4n) is 3.16. The smallest absolute Gasteiger partial charge is 0.306 e. The normalized spacial score (nSPS) is 22.0. The molecule has 0 spiro atoms. The van der Waals surface area contributed by atoms with Crippen LogP contribution in [-0.4, -0.2) is 38.9 Å². The van der Waals surface area contributed by atoms with Crippen molar-refractivity contribution in [1.82, 2.24) is 10.3 Å². The molecule has 0 radical (unpaired) electrons. The predicted molar refractivity (Wildman–Crippen MR) is 83.1 cm³/mol. The zero-order chi connectivity index (χ0) is 17.3. The second-order valence-electron chi connectivity index (χ2n) is 5.54. The number of carboxylic acid groups (broad SMARTS) is 1. The first-order chi connectivity index (χ1) is 11.5. The van der Waals surface area contributed by atoms with Gasteiger partial charge in [0.1, 0.15) is 11.6 Å². The van der Waals surface area contributed by atoms with E-state index in [2.05, 4.69) is 10.3 Å². The largest absolute Gasteiger partial charge is 0.481 e. The van der Waals surface area contributed by atoms with Gasteiger partial charge >= 0.3 is 5.97 Å². The van der Waals surface area contributed by atoms with E-state index in [0.717, 1.165) is 0 Å². The number of hydrogen-bond donors (Lipinski definition) is 3. The third-order valence-corrected chi connectivity index (χ3v) is 4.22. The number of pyridine rings is 1. The summed E-state index contributed by atoms with van der Waals surface area (Å²) < 4.78 is 0. The summed E-state index contributed by atoms with van der Waals surface area (Å²) in [4.78, 5) is 39.0. The molecule has 7 nitrogen and oxygen atoms in total. The second kappa shape index (κ2) is 5.86. The number of aliphatic carboxylic acids is 1. The van der Waals surface area contributed by atoms with E-state index in [1.54, 1.807) is 36.7 Å². The third-order valence-electron chi connectivity index (χ3n) is 4.22. The lowest BCUT2D eigenvalue weighted by Crippen LogP contribution is -2.53. The number of carbonyl (C=O) groups is 3. The molecule has 3 N–H and O–H groups in total. The van der Waals surface area contributed by atoms with Gasteiger partial charge < -0.3 is 15.5 Å². The quantitative estimate of drug-likeness (QED) is 0.704. The summed E-state index contributed by atoms with van der Waals surface area (Å²) in [7, 11) is 0. The topological polar surface area (TPSA) is 117 Å². The van der Waals surface area contributed by atoms with Crippen molar-refractivity contribution in [3.63, 3.8) is 0 Å². The van der Waals surface area contributed by atoms with Crippen LogP contribution in [0.15, 0.2) is 42.7 Å². The molecule has 122 valence electrons. The lowest BCUT2D eigenvalue weighted by Gasteiger charge is -2.29. The maximum atomic E-state index is 12.8. The van der Waals surface area contributed by atoms with E-state index in [-0.39, 0.29) is 12.0 Å². The van der Waals surface area contributed by atoms with Crippen LogP contribution in [0.2, 0.25) is 0 Å². The molecule has 7 heteroatoms. The maximum absolute atomic E-state index is 12.8. The Kier molecular flexibility index (Phi) is 3.86. The average molecular weight is 326 g/mol. The lowest BCUT2D eigenvalue weighted by atomic mass is 9.87. The number of carbonyl (C=O) groups excluding carboxylic acids is 2. The minimum atomic E-state index is -1.91. The maximum Gasteiger partial charge on any atom is 0.306 e. The van der Waals surface area contributed by atoms with E-state index in [9.17, 15) is 19.5 Å². The van der Waals surface area contributed by atoms with Crippen LogP contribution in [0.4, 0.5) is 0 Å². The molecule has 2 unspecified atom stereocenters. The first-order valence-electron chi connectivity index (χ1n) is 7.20. The van der Waals surface area contributed by atoms with Crippen LogP contribution in [0.1, 0.15) is 28.4 Å². The number of hydrogen-bond acceptors (Lipinski definition) is 5. The van der Waals surface area contributed by atoms with Gasteiger partial charge in [-0.05, 0) is 11.6 Å². The molecule has 2 atom stereocenters. The molecular formula is C17H14N2O5. The number of nitrogens with one attached hydrogen (secondary N) is 1. The number of benzene rings is 1. The van der Waals surface area contributed by atoms with Crippen LogP contribution >= 0.6 is 0 Å². The number of nitrogens with zero attached hydrogens (tertiary/aromatic N) is 1. The van der Waals surface area contributed by atoms with Gasteiger partial charge in [0.25, 0.3) is 0 Å². The zero-order valence-corrected chi connectivity index (χ0v) is 12.5. The Morgan fingerprint density at radius 1 is 1.29 bits per heavy atom. The number of aliphatic hydroxyl groups excluding tert-OH is 1. The Labute approximate surface area is 137 Å². The molecule has 0 saturated heterocycles. The summed E-state index contributed by atoms with van der Waals surface area (Å²) in [6.45, 7) is 0. The molecule has 1 aromatic carbocycles. The highest BCUT2D eigenvalue weighted by atomic mass is 16.4. The van der Waals surface area contributed by atoms with Crippen LogP contribution < -0.4 is 5.32 Å². The van der Waals surface area contributed by atoms with Gasteiger partial charge in [-0.3, -0.25) is 19.4 Å². The van der Waals surface area contributed by atoms with Crippen LogP contribution in [0, 0.1) is 0 Å². The molecule has 0 saturated carbocycles. The highest BCUT2D eigenvalue weighted by Gasteiger charge is 2.55. The summed E-state index contributed by atoms with van der Waals surface area (Å²) in [6.07, 6.45) is 1.22. The van der Waals surface area contributed by atoms with E-state index in [4.69, 9.17) is 5.11 Å². The number of carboxylic acids is 1. The van der Waals surface area contributed by atoms with Crippen LogP contribution in [0.5, 0.6) is 0 Å². The zero-order valence-electron chi connectivity index (χ0n) is 12.5. The highest BCUT2D eigenvalue weighted by molar-refractivity contribution is 6.12. The monoisotopic (exact) mass is 326 g/mol. The Hall–Kier alpha value is -3.06. The van der Waals surface area contributed by atoms with Gasteiger partial charge in [-0.15, -0.1) is 0 Å². The van der Waals surface area contributed by atoms with E-state index in [0.29, 0.717) is 16.7 Å².